The van der Waals surface area contributed by atoms with Crippen LogP contribution in [0, 0.1) is 16.4 Å². The van der Waals surface area contributed by atoms with Crippen molar-refractivity contribution in [3.05, 3.63) is 53.4 Å². The maximum atomic E-state index is 13.4. The first kappa shape index (κ1) is 18.5. The molecule has 3 rings (SSSR count). The Bertz CT molecular complexity index is 907. The molecule has 1 aromatic carbocycles. The highest BCUT2D eigenvalue weighted by atomic mass is 32.2. The van der Waals surface area contributed by atoms with Gasteiger partial charge in [-0.05, 0) is 29.4 Å². The van der Waals surface area contributed by atoms with Gasteiger partial charge in [0.15, 0.2) is 11.6 Å². The summed E-state index contributed by atoms with van der Waals surface area (Å²) in [6.45, 7) is 2.08. The van der Waals surface area contributed by atoms with Gasteiger partial charge in [0.1, 0.15) is 5.69 Å². The molecule has 0 spiro atoms. The van der Waals surface area contributed by atoms with Crippen LogP contribution in [0.15, 0.2) is 35.4 Å². The Kier molecular flexibility index (Phi) is 5.33. The summed E-state index contributed by atoms with van der Waals surface area (Å²) in [7, 11) is 0.779. The van der Waals surface area contributed by atoms with Gasteiger partial charge in [-0.2, -0.15) is 0 Å². The van der Waals surface area contributed by atoms with Gasteiger partial charge in [0, 0.05) is 36.6 Å². The van der Waals surface area contributed by atoms with Crippen LogP contribution >= 0.6 is 0 Å². The molecule has 5 nitrogen and oxygen atoms in total. The van der Waals surface area contributed by atoms with Crippen LogP contribution in [0.25, 0.3) is 6.08 Å². The van der Waals surface area contributed by atoms with Crippen LogP contribution in [0.5, 0.6) is 0 Å². The Balaban J connectivity index is 1.93. The summed E-state index contributed by atoms with van der Waals surface area (Å²) in [6, 6.07) is 3.30. The monoisotopic (exact) mass is 378 g/mol. The van der Waals surface area contributed by atoms with Gasteiger partial charge in [0.25, 0.3) is 5.91 Å². The van der Waals surface area contributed by atoms with Gasteiger partial charge in [-0.15, -0.1) is 0 Å². The SMILES string of the molecule is CCCC1C=Cc2c(cn(C)c2C(=O)Nc2ccc(F)c(F)c2)S(=N)N1. The standard InChI is InChI=1S/C18H20F2N4OS/c1-3-4-11-5-7-13-16(26(21)23-11)10-24(2)17(13)18(25)22-12-6-8-14(19)15(20)9-12/h5-11H,3-4H2,1-2H3,(H2,21,23)(H,22,25). The quantitative estimate of drug-likeness (QED) is 0.753. The van der Waals surface area contributed by atoms with Crippen molar-refractivity contribution in [1.82, 2.24) is 9.29 Å². The zero-order chi connectivity index (χ0) is 18.8. The number of aryl methyl sites for hydroxylation is 1. The molecule has 0 fully saturated rings. The van der Waals surface area contributed by atoms with Crippen molar-refractivity contribution in [2.24, 2.45) is 7.05 Å². The summed E-state index contributed by atoms with van der Waals surface area (Å²) in [5, 5.41) is 2.60. The second-order valence-corrected chi connectivity index (χ2v) is 7.42. The van der Waals surface area contributed by atoms with Gasteiger partial charge in [-0.1, -0.05) is 25.5 Å². The largest absolute Gasteiger partial charge is 0.345 e. The highest BCUT2D eigenvalue weighted by Crippen LogP contribution is 2.26. The lowest BCUT2D eigenvalue weighted by Crippen LogP contribution is -2.27. The second-order valence-electron chi connectivity index (χ2n) is 6.13. The van der Waals surface area contributed by atoms with Crippen LogP contribution in [0.2, 0.25) is 0 Å². The number of fused-ring (bicyclic) bond motifs is 1. The zero-order valence-corrected chi connectivity index (χ0v) is 15.3. The van der Waals surface area contributed by atoms with E-state index in [-0.39, 0.29) is 11.7 Å². The molecule has 2 aromatic rings. The summed E-state index contributed by atoms with van der Waals surface area (Å²) >= 11 is 0. The maximum absolute atomic E-state index is 13.4. The van der Waals surface area contributed by atoms with Gasteiger partial charge in [0.05, 0.1) is 4.90 Å². The minimum absolute atomic E-state index is 0.0839. The summed E-state index contributed by atoms with van der Waals surface area (Å²) in [5.74, 6) is -2.42. The van der Waals surface area contributed by atoms with Gasteiger partial charge in [0.2, 0.25) is 0 Å². The fourth-order valence-electron chi connectivity index (χ4n) is 2.92. The number of hydrogen-bond acceptors (Lipinski definition) is 2. The first-order valence-corrected chi connectivity index (χ1v) is 9.48. The van der Waals surface area contributed by atoms with E-state index in [1.165, 1.54) is 6.07 Å². The summed E-state index contributed by atoms with van der Waals surface area (Å²) < 4.78 is 39.7. The van der Waals surface area contributed by atoms with Crippen molar-refractivity contribution in [3.63, 3.8) is 0 Å². The van der Waals surface area contributed by atoms with Crippen molar-refractivity contribution in [1.29, 1.82) is 4.78 Å². The van der Waals surface area contributed by atoms with Crippen LogP contribution in [0.1, 0.15) is 35.8 Å². The molecule has 0 saturated carbocycles. The van der Waals surface area contributed by atoms with Crippen molar-refractivity contribution in [2.75, 3.05) is 5.32 Å². The number of carbonyl (C=O) groups is 1. The first-order chi connectivity index (χ1) is 12.4. The molecule has 26 heavy (non-hydrogen) atoms. The molecular weight excluding hydrogens is 358 g/mol. The summed E-state index contributed by atoms with van der Waals surface area (Å²) in [4.78, 5) is 13.5. The Morgan fingerprint density at radius 3 is 2.85 bits per heavy atom. The first-order valence-electron chi connectivity index (χ1n) is 8.26. The number of amides is 1. The van der Waals surface area contributed by atoms with Gasteiger partial charge in [-0.3, -0.25) is 9.57 Å². The number of halogens is 2. The fraction of sp³-hybridized carbons (Fsp3) is 0.278. The molecule has 1 aliphatic heterocycles. The molecule has 2 unspecified atom stereocenters. The predicted octanol–water partition coefficient (Wildman–Crippen LogP) is 4.00. The van der Waals surface area contributed by atoms with E-state index < -0.39 is 28.4 Å². The molecule has 1 aliphatic rings. The van der Waals surface area contributed by atoms with Crippen molar-refractivity contribution < 1.29 is 13.6 Å². The predicted molar refractivity (Wildman–Crippen MR) is 98.9 cm³/mol. The number of nitrogens with one attached hydrogen (secondary N) is 3. The molecule has 0 saturated heterocycles. The van der Waals surface area contributed by atoms with Gasteiger partial charge in [-0.25, -0.2) is 13.5 Å². The maximum Gasteiger partial charge on any atom is 0.272 e. The minimum Gasteiger partial charge on any atom is -0.345 e. The van der Waals surface area contributed by atoms with E-state index in [0.29, 0.717) is 11.3 Å². The van der Waals surface area contributed by atoms with Crippen molar-refractivity contribution in [2.45, 2.75) is 30.7 Å². The third kappa shape index (κ3) is 3.61. The Labute approximate surface area is 153 Å². The third-order valence-electron chi connectivity index (χ3n) is 4.16. The molecule has 3 N–H and O–H groups in total. The lowest BCUT2D eigenvalue weighted by Gasteiger charge is -2.12. The number of benzene rings is 1. The lowest BCUT2D eigenvalue weighted by atomic mass is 10.1. The highest BCUT2D eigenvalue weighted by molar-refractivity contribution is 7.84. The second kappa shape index (κ2) is 7.51. The lowest BCUT2D eigenvalue weighted by molar-refractivity contribution is 0.101. The van der Waals surface area contributed by atoms with E-state index in [2.05, 4.69) is 17.0 Å². The highest BCUT2D eigenvalue weighted by Gasteiger charge is 2.24. The van der Waals surface area contributed by atoms with Crippen molar-refractivity contribution in [3.8, 4) is 0 Å². The number of hydrogen-bond donors (Lipinski definition) is 3. The van der Waals surface area contributed by atoms with E-state index in [1.807, 2.05) is 12.2 Å². The fourth-order valence-corrected chi connectivity index (χ4v) is 4.19. The molecule has 2 atom stereocenters. The summed E-state index contributed by atoms with van der Waals surface area (Å²) in [6.07, 6.45) is 7.49. The van der Waals surface area contributed by atoms with E-state index >= 15 is 0 Å². The molecule has 8 heteroatoms. The zero-order valence-electron chi connectivity index (χ0n) is 14.5. The Hall–Kier alpha value is -2.32. The van der Waals surface area contributed by atoms with Crippen LogP contribution in [-0.2, 0) is 17.9 Å². The minimum atomic E-state index is -1.02. The topological polar surface area (TPSA) is 69.9 Å². The van der Waals surface area contributed by atoms with Gasteiger partial charge < -0.3 is 9.88 Å². The number of aromatic nitrogens is 1. The van der Waals surface area contributed by atoms with Crippen LogP contribution in [0.3, 0.4) is 0 Å². The molecule has 1 amide bonds. The Morgan fingerprint density at radius 2 is 2.15 bits per heavy atom. The molecule has 0 aliphatic carbocycles. The van der Waals surface area contributed by atoms with E-state index in [1.54, 1.807) is 17.8 Å². The third-order valence-corrected chi connectivity index (χ3v) is 5.46. The molecular formula is C18H20F2N4OS. The number of carbonyl (C=O) groups excluding carboxylic acids is 1. The van der Waals surface area contributed by atoms with E-state index in [9.17, 15) is 13.6 Å². The van der Waals surface area contributed by atoms with Crippen LogP contribution in [0.4, 0.5) is 14.5 Å². The molecule has 138 valence electrons. The average Bonchev–Trinajstić information content (AvgIpc) is 2.85. The summed E-state index contributed by atoms with van der Waals surface area (Å²) in [5.41, 5.74) is 1.23. The normalized spacial score (nSPS) is 19.1. The van der Waals surface area contributed by atoms with Crippen LogP contribution in [-0.4, -0.2) is 16.5 Å². The Morgan fingerprint density at radius 1 is 1.38 bits per heavy atom. The molecule has 2 heterocycles. The number of rotatable bonds is 4. The average molecular weight is 378 g/mol. The number of anilines is 1. The number of nitrogens with zero attached hydrogens (tertiary/aromatic N) is 1. The van der Waals surface area contributed by atoms with E-state index in [4.69, 9.17) is 4.78 Å². The van der Waals surface area contributed by atoms with E-state index in [0.717, 1.165) is 29.9 Å². The molecule has 1 aromatic heterocycles. The van der Waals surface area contributed by atoms with Crippen molar-refractivity contribution >= 4 is 28.5 Å². The molecule has 0 radical (unpaired) electrons. The van der Waals surface area contributed by atoms with Gasteiger partial charge >= 0.3 is 0 Å². The smallest absolute Gasteiger partial charge is 0.272 e. The molecule has 0 bridgehead atoms. The van der Waals surface area contributed by atoms with Crippen LogP contribution < -0.4 is 10.0 Å².